The molecular weight excluding hydrogens is 214 g/mol. The van der Waals surface area contributed by atoms with Crippen molar-refractivity contribution in [1.82, 2.24) is 4.98 Å². The molecule has 4 nitrogen and oxygen atoms in total. The molecule has 0 fully saturated rings. The molecule has 90 valence electrons. The summed E-state index contributed by atoms with van der Waals surface area (Å²) in [7, 11) is 0. The van der Waals surface area contributed by atoms with Gasteiger partial charge in [0.1, 0.15) is 11.6 Å². The van der Waals surface area contributed by atoms with Gasteiger partial charge in [0.25, 0.3) is 0 Å². The molecule has 0 unspecified atom stereocenters. The van der Waals surface area contributed by atoms with Crippen LogP contribution in [0.25, 0.3) is 10.8 Å². The zero-order chi connectivity index (χ0) is 12.1. The van der Waals surface area contributed by atoms with E-state index >= 15 is 0 Å². The Morgan fingerprint density at radius 2 is 2.24 bits per heavy atom. The first-order chi connectivity index (χ1) is 8.35. The molecule has 0 aliphatic heterocycles. The maximum absolute atomic E-state index is 5.66. The lowest BCUT2D eigenvalue weighted by Crippen LogP contribution is -2.08. The third-order valence-corrected chi connectivity index (χ3v) is 2.64. The molecule has 3 N–H and O–H groups in total. The number of nitrogens with zero attached hydrogens (tertiary/aromatic N) is 1. The molecule has 0 amide bonds. The molecule has 0 bridgehead atoms. The van der Waals surface area contributed by atoms with Crippen LogP contribution in [0.3, 0.4) is 0 Å². The Hall–Kier alpha value is -1.81. The molecule has 0 aliphatic carbocycles. The molecule has 0 atom stereocenters. The number of benzene rings is 1. The number of aromatic nitrogens is 1. The number of fused-ring (bicyclic) bond motifs is 1. The van der Waals surface area contributed by atoms with Crippen LogP contribution in [0.1, 0.15) is 19.8 Å². The summed E-state index contributed by atoms with van der Waals surface area (Å²) in [4.78, 5) is 4.15. The minimum Gasteiger partial charge on any atom is -0.494 e. The summed E-state index contributed by atoms with van der Waals surface area (Å²) in [6.45, 7) is 2.91. The van der Waals surface area contributed by atoms with Crippen molar-refractivity contribution in [2.75, 3.05) is 12.0 Å². The lowest BCUT2D eigenvalue weighted by atomic mass is 10.1. The monoisotopic (exact) mass is 231 g/mol. The molecule has 0 aliphatic rings. The number of hydrazine groups is 1. The summed E-state index contributed by atoms with van der Waals surface area (Å²) in [5, 5.41) is 2.07. The summed E-state index contributed by atoms with van der Waals surface area (Å²) >= 11 is 0. The van der Waals surface area contributed by atoms with Crippen LogP contribution in [0.5, 0.6) is 5.75 Å². The van der Waals surface area contributed by atoms with E-state index in [9.17, 15) is 0 Å². The number of hydrogen-bond acceptors (Lipinski definition) is 4. The van der Waals surface area contributed by atoms with Crippen molar-refractivity contribution in [3.05, 3.63) is 30.5 Å². The average molecular weight is 231 g/mol. The molecule has 0 saturated heterocycles. The van der Waals surface area contributed by atoms with Gasteiger partial charge in [-0.25, -0.2) is 10.8 Å². The van der Waals surface area contributed by atoms with Gasteiger partial charge >= 0.3 is 0 Å². The van der Waals surface area contributed by atoms with Crippen LogP contribution in [0.4, 0.5) is 5.82 Å². The van der Waals surface area contributed by atoms with E-state index in [2.05, 4.69) is 17.3 Å². The second-order valence-electron chi connectivity index (χ2n) is 3.89. The van der Waals surface area contributed by atoms with Crippen LogP contribution in [0.2, 0.25) is 0 Å². The lowest BCUT2D eigenvalue weighted by Gasteiger charge is -2.08. The predicted molar refractivity (Wildman–Crippen MR) is 70.0 cm³/mol. The third kappa shape index (κ3) is 2.65. The van der Waals surface area contributed by atoms with Gasteiger partial charge in [0.2, 0.25) is 0 Å². The second kappa shape index (κ2) is 5.50. The maximum atomic E-state index is 5.66. The van der Waals surface area contributed by atoms with Crippen molar-refractivity contribution >= 4 is 16.6 Å². The van der Waals surface area contributed by atoms with Crippen molar-refractivity contribution in [2.24, 2.45) is 5.84 Å². The van der Waals surface area contributed by atoms with Crippen molar-refractivity contribution in [2.45, 2.75) is 19.8 Å². The number of anilines is 1. The number of nitrogens with two attached hydrogens (primary N) is 1. The van der Waals surface area contributed by atoms with E-state index in [1.807, 2.05) is 24.3 Å². The maximum Gasteiger partial charge on any atom is 0.147 e. The van der Waals surface area contributed by atoms with Crippen molar-refractivity contribution in [3.63, 3.8) is 0 Å². The molecule has 0 saturated carbocycles. The number of unbranched alkanes of at least 4 members (excludes halogenated alkanes) is 1. The molecule has 0 spiro atoms. The number of rotatable bonds is 5. The first kappa shape index (κ1) is 11.7. The molecule has 4 heteroatoms. The van der Waals surface area contributed by atoms with Crippen molar-refractivity contribution < 1.29 is 4.74 Å². The molecule has 0 radical (unpaired) electrons. The summed E-state index contributed by atoms with van der Waals surface area (Å²) < 4.78 is 5.66. The second-order valence-corrected chi connectivity index (χ2v) is 3.89. The van der Waals surface area contributed by atoms with Gasteiger partial charge in [0.05, 0.1) is 6.61 Å². The van der Waals surface area contributed by atoms with Gasteiger partial charge in [-0.05, 0) is 36.1 Å². The third-order valence-electron chi connectivity index (χ3n) is 2.64. The van der Waals surface area contributed by atoms with Crippen LogP contribution < -0.4 is 16.0 Å². The number of ether oxygens (including phenoxy) is 1. The molecule has 1 aromatic carbocycles. The van der Waals surface area contributed by atoms with Gasteiger partial charge in [-0.3, -0.25) is 0 Å². The number of nitrogen functional groups attached to an aromatic ring is 1. The van der Waals surface area contributed by atoms with E-state index in [0.29, 0.717) is 5.82 Å². The van der Waals surface area contributed by atoms with E-state index in [4.69, 9.17) is 10.6 Å². The minimum absolute atomic E-state index is 0.683. The number of nitrogens with one attached hydrogen (secondary N) is 1. The smallest absolute Gasteiger partial charge is 0.147 e. The van der Waals surface area contributed by atoms with E-state index in [1.165, 1.54) is 0 Å². The summed E-state index contributed by atoms with van der Waals surface area (Å²) in [5.74, 6) is 6.98. The van der Waals surface area contributed by atoms with Crippen LogP contribution in [-0.4, -0.2) is 11.6 Å². The molecular formula is C13H17N3O. The molecule has 17 heavy (non-hydrogen) atoms. The van der Waals surface area contributed by atoms with Crippen molar-refractivity contribution in [3.8, 4) is 5.75 Å². The first-order valence-electron chi connectivity index (χ1n) is 5.83. The van der Waals surface area contributed by atoms with E-state index in [-0.39, 0.29) is 0 Å². The van der Waals surface area contributed by atoms with Crippen LogP contribution in [0.15, 0.2) is 30.5 Å². The highest BCUT2D eigenvalue weighted by Gasteiger charge is 2.02. The normalized spacial score (nSPS) is 10.5. The Kier molecular flexibility index (Phi) is 3.77. The van der Waals surface area contributed by atoms with Gasteiger partial charge in [-0.15, -0.1) is 0 Å². The summed E-state index contributed by atoms with van der Waals surface area (Å²) in [6.07, 6.45) is 3.94. The van der Waals surface area contributed by atoms with Crippen LogP contribution in [-0.2, 0) is 0 Å². The van der Waals surface area contributed by atoms with Gasteiger partial charge in [0, 0.05) is 11.6 Å². The van der Waals surface area contributed by atoms with Crippen LogP contribution >= 0.6 is 0 Å². The summed E-state index contributed by atoms with van der Waals surface area (Å²) in [5.41, 5.74) is 2.59. The molecule has 1 aromatic heterocycles. The zero-order valence-electron chi connectivity index (χ0n) is 9.94. The van der Waals surface area contributed by atoms with Gasteiger partial charge in [-0.2, -0.15) is 0 Å². The Labute approximate surface area is 101 Å². The molecule has 1 heterocycles. The summed E-state index contributed by atoms with van der Waals surface area (Å²) in [6, 6.07) is 7.87. The fourth-order valence-corrected chi connectivity index (χ4v) is 1.70. The first-order valence-corrected chi connectivity index (χ1v) is 5.83. The van der Waals surface area contributed by atoms with Crippen molar-refractivity contribution in [1.29, 1.82) is 0 Å². The minimum atomic E-state index is 0.683. The predicted octanol–water partition coefficient (Wildman–Crippen LogP) is 2.70. The van der Waals surface area contributed by atoms with Crippen LogP contribution in [0, 0.1) is 0 Å². The highest BCUT2D eigenvalue weighted by molar-refractivity contribution is 5.92. The van der Waals surface area contributed by atoms with E-state index in [1.54, 1.807) is 6.20 Å². The lowest BCUT2D eigenvalue weighted by molar-refractivity contribution is 0.310. The van der Waals surface area contributed by atoms with Gasteiger partial charge in [-0.1, -0.05) is 13.3 Å². The largest absolute Gasteiger partial charge is 0.494 e. The molecule has 2 rings (SSSR count). The van der Waals surface area contributed by atoms with Gasteiger partial charge in [0.15, 0.2) is 0 Å². The van der Waals surface area contributed by atoms with E-state index < -0.39 is 0 Å². The Morgan fingerprint density at radius 3 is 3.00 bits per heavy atom. The SMILES string of the molecule is CCCCOc1ccc2c(NN)nccc2c1. The topological polar surface area (TPSA) is 60.2 Å². The number of hydrogen-bond donors (Lipinski definition) is 2. The fourth-order valence-electron chi connectivity index (χ4n) is 1.70. The fraction of sp³-hybridized carbons (Fsp3) is 0.308. The highest BCUT2D eigenvalue weighted by Crippen LogP contribution is 2.24. The standard InChI is InChI=1S/C13H17N3O/c1-2-3-8-17-11-4-5-12-10(9-11)6-7-15-13(12)16-14/h4-7,9H,2-3,8,14H2,1H3,(H,15,16). The Balaban J connectivity index is 2.25. The zero-order valence-corrected chi connectivity index (χ0v) is 9.94. The quantitative estimate of drug-likeness (QED) is 0.472. The Morgan fingerprint density at radius 1 is 1.35 bits per heavy atom. The van der Waals surface area contributed by atoms with E-state index in [0.717, 1.165) is 36.0 Å². The Bertz CT molecular complexity index is 499. The highest BCUT2D eigenvalue weighted by atomic mass is 16.5. The number of pyridine rings is 1. The molecule has 2 aromatic rings. The average Bonchev–Trinajstić information content (AvgIpc) is 2.38. The van der Waals surface area contributed by atoms with Gasteiger partial charge < -0.3 is 10.2 Å².